The fraction of sp³-hybridized carbons (Fsp3) is 0.0714. The Hall–Kier alpha value is -2.49. The van der Waals surface area contributed by atoms with Gasteiger partial charge in [0.2, 0.25) is 0 Å². The molecule has 1 heterocycles. The summed E-state index contributed by atoms with van der Waals surface area (Å²) in [5.41, 5.74) is 1.88. The van der Waals surface area contributed by atoms with E-state index in [1.165, 1.54) is 6.07 Å². The second kappa shape index (κ2) is 3.77. The second-order valence-corrected chi connectivity index (χ2v) is 4.20. The van der Waals surface area contributed by atoms with Gasteiger partial charge >= 0.3 is 0 Å². The molecule has 4 heteroatoms. The Balaban J connectivity index is 2.62. The van der Waals surface area contributed by atoms with Crippen LogP contribution in [0, 0.1) is 4.91 Å². The molecule has 0 fully saturated rings. The van der Waals surface area contributed by atoms with Crippen LogP contribution in [0.2, 0.25) is 0 Å². The molecule has 0 bridgehead atoms. The lowest BCUT2D eigenvalue weighted by molar-refractivity contribution is 1.00. The van der Waals surface area contributed by atoms with Gasteiger partial charge in [0.05, 0.1) is 11.0 Å². The first kappa shape index (κ1) is 10.7. The fourth-order valence-corrected chi connectivity index (χ4v) is 2.29. The van der Waals surface area contributed by atoms with E-state index in [0.29, 0.717) is 10.8 Å². The van der Waals surface area contributed by atoms with Crippen LogP contribution in [-0.4, -0.2) is 4.57 Å². The largest absolute Gasteiger partial charge is 0.343 e. The summed E-state index contributed by atoms with van der Waals surface area (Å²) in [7, 11) is 1.90. The van der Waals surface area contributed by atoms with E-state index in [-0.39, 0.29) is 11.1 Å². The van der Waals surface area contributed by atoms with Crippen LogP contribution in [0.25, 0.3) is 21.8 Å². The Bertz CT molecular complexity index is 834. The van der Waals surface area contributed by atoms with Crippen LogP contribution in [0.3, 0.4) is 0 Å². The zero-order chi connectivity index (χ0) is 12.7. The topological polar surface area (TPSA) is 51.4 Å². The van der Waals surface area contributed by atoms with Crippen molar-refractivity contribution in [2.24, 2.45) is 12.2 Å². The Morgan fingerprint density at radius 3 is 2.50 bits per heavy atom. The van der Waals surface area contributed by atoms with Crippen LogP contribution in [0.1, 0.15) is 0 Å². The predicted octanol–water partition coefficient (Wildman–Crippen LogP) is 3.09. The highest BCUT2D eigenvalue weighted by molar-refractivity contribution is 5.94. The van der Waals surface area contributed by atoms with Gasteiger partial charge in [-0.3, -0.25) is 4.79 Å². The first-order valence-electron chi connectivity index (χ1n) is 5.57. The first-order chi connectivity index (χ1) is 8.72. The van der Waals surface area contributed by atoms with Crippen LogP contribution in [0.15, 0.2) is 52.4 Å². The van der Waals surface area contributed by atoms with E-state index in [2.05, 4.69) is 5.18 Å². The molecule has 0 aliphatic rings. The summed E-state index contributed by atoms with van der Waals surface area (Å²) in [6, 6.07) is 12.3. The molecule has 88 valence electrons. The highest BCUT2D eigenvalue weighted by Crippen LogP contribution is 2.22. The molecule has 4 nitrogen and oxygen atoms in total. The number of benzene rings is 2. The van der Waals surface area contributed by atoms with Crippen LogP contribution in [-0.2, 0) is 7.05 Å². The van der Waals surface area contributed by atoms with Crippen LogP contribution in [0.5, 0.6) is 0 Å². The van der Waals surface area contributed by atoms with Gasteiger partial charge in [-0.05, 0) is 35.5 Å². The van der Waals surface area contributed by atoms with Crippen molar-refractivity contribution in [3.05, 3.63) is 57.6 Å². The average molecular weight is 238 g/mol. The molecule has 1 aromatic heterocycles. The van der Waals surface area contributed by atoms with Gasteiger partial charge in [-0.15, -0.1) is 4.91 Å². The van der Waals surface area contributed by atoms with Gasteiger partial charge in [0.1, 0.15) is 5.69 Å². The minimum absolute atomic E-state index is 0.0656. The quantitative estimate of drug-likeness (QED) is 0.483. The molecule has 0 saturated heterocycles. The van der Waals surface area contributed by atoms with Crippen molar-refractivity contribution in [3.8, 4) is 0 Å². The van der Waals surface area contributed by atoms with Gasteiger partial charge < -0.3 is 4.57 Å². The van der Waals surface area contributed by atoms with Crippen molar-refractivity contribution in [3.63, 3.8) is 0 Å². The van der Waals surface area contributed by atoms with Crippen LogP contribution in [0.4, 0.5) is 5.69 Å². The van der Waals surface area contributed by atoms with E-state index in [0.717, 1.165) is 11.0 Å². The monoisotopic (exact) mass is 238 g/mol. The highest BCUT2D eigenvalue weighted by atomic mass is 16.3. The molecule has 2 aromatic carbocycles. The summed E-state index contributed by atoms with van der Waals surface area (Å²) in [4.78, 5) is 22.9. The molecule has 0 N–H and O–H groups in total. The third-order valence-corrected chi connectivity index (χ3v) is 3.20. The number of aryl methyl sites for hydroxylation is 1. The fourth-order valence-electron chi connectivity index (χ4n) is 2.29. The molecule has 0 unspecified atom stereocenters. The molecule has 3 aromatic rings. The first-order valence-corrected chi connectivity index (χ1v) is 5.57. The standard InChI is InChI=1S/C14H10N2O2/c1-16-12-5-3-2-4-10(12)14(17)11-8-9(15-18)6-7-13(11)16/h2-8H,1H3. The maximum absolute atomic E-state index is 12.4. The summed E-state index contributed by atoms with van der Waals surface area (Å²) in [5.74, 6) is 0. The Kier molecular flexibility index (Phi) is 2.23. The summed E-state index contributed by atoms with van der Waals surface area (Å²) < 4.78 is 1.95. The van der Waals surface area contributed by atoms with Gasteiger partial charge in [0.25, 0.3) is 0 Å². The molecule has 0 spiro atoms. The number of hydrogen-bond donors (Lipinski definition) is 0. The van der Waals surface area contributed by atoms with Crippen LogP contribution < -0.4 is 5.43 Å². The number of nitrogens with zero attached hydrogens (tertiary/aromatic N) is 2. The maximum Gasteiger partial charge on any atom is 0.197 e. The number of aromatic nitrogens is 1. The molecular formula is C14H10N2O2. The molecular weight excluding hydrogens is 228 g/mol. The predicted molar refractivity (Wildman–Crippen MR) is 72.2 cm³/mol. The molecule has 0 radical (unpaired) electrons. The number of pyridine rings is 1. The minimum Gasteiger partial charge on any atom is -0.343 e. The van der Waals surface area contributed by atoms with Crippen molar-refractivity contribution in [1.82, 2.24) is 4.57 Å². The van der Waals surface area contributed by atoms with Gasteiger partial charge in [-0.1, -0.05) is 12.1 Å². The number of hydrogen-bond acceptors (Lipinski definition) is 3. The molecule has 18 heavy (non-hydrogen) atoms. The van der Waals surface area contributed by atoms with Crippen molar-refractivity contribution >= 4 is 27.5 Å². The van der Waals surface area contributed by atoms with E-state index in [1.54, 1.807) is 18.2 Å². The zero-order valence-electron chi connectivity index (χ0n) is 9.75. The van der Waals surface area contributed by atoms with Gasteiger partial charge in [0, 0.05) is 17.8 Å². The van der Waals surface area contributed by atoms with Crippen molar-refractivity contribution in [2.45, 2.75) is 0 Å². The highest BCUT2D eigenvalue weighted by Gasteiger charge is 2.08. The van der Waals surface area contributed by atoms with E-state index in [4.69, 9.17) is 0 Å². The summed E-state index contributed by atoms with van der Waals surface area (Å²) in [6.45, 7) is 0. The molecule has 0 aliphatic heterocycles. The lowest BCUT2D eigenvalue weighted by atomic mass is 10.1. The molecule has 0 amide bonds. The van der Waals surface area contributed by atoms with Gasteiger partial charge in [-0.2, -0.15) is 0 Å². The summed E-state index contributed by atoms with van der Waals surface area (Å²) in [6.07, 6.45) is 0. The molecule has 3 rings (SSSR count). The molecule has 0 saturated carbocycles. The number of para-hydroxylation sites is 1. The van der Waals surface area contributed by atoms with Crippen molar-refractivity contribution in [1.29, 1.82) is 0 Å². The van der Waals surface area contributed by atoms with Crippen molar-refractivity contribution in [2.75, 3.05) is 0 Å². The minimum atomic E-state index is -0.0656. The zero-order valence-corrected chi connectivity index (χ0v) is 9.75. The number of nitroso groups, excluding NO2 is 1. The summed E-state index contributed by atoms with van der Waals surface area (Å²) in [5, 5.41) is 4.04. The Labute approximate surface area is 102 Å². The average Bonchev–Trinajstić information content (AvgIpc) is 2.44. The SMILES string of the molecule is Cn1c2ccccc2c(=O)c2cc(N=O)ccc21. The lowest BCUT2D eigenvalue weighted by Gasteiger charge is -2.09. The van der Waals surface area contributed by atoms with Crippen molar-refractivity contribution < 1.29 is 0 Å². The maximum atomic E-state index is 12.4. The third-order valence-electron chi connectivity index (χ3n) is 3.20. The van der Waals surface area contributed by atoms with E-state index < -0.39 is 0 Å². The van der Waals surface area contributed by atoms with E-state index in [1.807, 2.05) is 29.8 Å². The number of rotatable bonds is 1. The van der Waals surface area contributed by atoms with E-state index >= 15 is 0 Å². The van der Waals surface area contributed by atoms with E-state index in [9.17, 15) is 9.70 Å². The lowest BCUT2D eigenvalue weighted by Crippen LogP contribution is -2.08. The molecule has 0 atom stereocenters. The summed E-state index contributed by atoms with van der Waals surface area (Å²) >= 11 is 0. The Morgan fingerprint density at radius 2 is 1.72 bits per heavy atom. The van der Waals surface area contributed by atoms with Gasteiger partial charge in [-0.25, -0.2) is 0 Å². The third kappa shape index (κ3) is 1.35. The smallest absolute Gasteiger partial charge is 0.197 e. The van der Waals surface area contributed by atoms with Crippen LogP contribution >= 0.6 is 0 Å². The molecule has 0 aliphatic carbocycles. The Morgan fingerprint density at radius 1 is 1.00 bits per heavy atom. The second-order valence-electron chi connectivity index (χ2n) is 4.20. The van der Waals surface area contributed by atoms with Gasteiger partial charge in [0.15, 0.2) is 5.43 Å². The number of fused-ring (bicyclic) bond motifs is 2. The normalized spacial score (nSPS) is 10.9.